The van der Waals surface area contributed by atoms with Crippen molar-refractivity contribution >= 4 is 39.1 Å². The summed E-state index contributed by atoms with van der Waals surface area (Å²) in [5.74, 6) is 0.667. The van der Waals surface area contributed by atoms with E-state index in [0.29, 0.717) is 5.75 Å². The molecular weight excluding hydrogens is 340 g/mol. The summed E-state index contributed by atoms with van der Waals surface area (Å²) in [6, 6.07) is 12.8. The predicted octanol–water partition coefficient (Wildman–Crippen LogP) is 4.69. The monoisotopic (exact) mass is 352 g/mol. The van der Waals surface area contributed by atoms with Gasteiger partial charge in [-0.05, 0) is 39.7 Å². The number of hydrogen-bond donors (Lipinski definition) is 1. The zero-order valence-corrected chi connectivity index (χ0v) is 13.2. The van der Waals surface area contributed by atoms with Gasteiger partial charge in [0.15, 0.2) is 0 Å². The van der Waals surface area contributed by atoms with Crippen molar-refractivity contribution in [3.8, 4) is 0 Å². The molecule has 2 aromatic carbocycles. The predicted molar refractivity (Wildman–Crippen MR) is 86.3 cm³/mol. The Morgan fingerprint density at radius 2 is 2.05 bits per heavy atom. The molecule has 20 heavy (non-hydrogen) atoms. The first-order valence-corrected chi connectivity index (χ1v) is 7.72. The van der Waals surface area contributed by atoms with E-state index in [1.165, 1.54) is 6.07 Å². The van der Waals surface area contributed by atoms with Crippen LogP contribution in [0.2, 0.25) is 0 Å². The van der Waals surface area contributed by atoms with Gasteiger partial charge in [0.25, 0.3) is 5.69 Å². The van der Waals surface area contributed by atoms with Gasteiger partial charge in [-0.1, -0.05) is 12.1 Å². The summed E-state index contributed by atoms with van der Waals surface area (Å²) in [4.78, 5) is 11.6. The largest absolute Gasteiger partial charge is 0.388 e. The van der Waals surface area contributed by atoms with Gasteiger partial charge in [-0.25, -0.2) is 0 Å². The maximum absolute atomic E-state index is 10.9. The van der Waals surface area contributed by atoms with Crippen LogP contribution in [0.1, 0.15) is 5.56 Å². The lowest BCUT2D eigenvalue weighted by Crippen LogP contribution is -1.96. The second-order valence-corrected chi connectivity index (χ2v) is 5.94. The average Bonchev–Trinajstić information content (AvgIpc) is 2.46. The topological polar surface area (TPSA) is 55.2 Å². The van der Waals surface area contributed by atoms with E-state index < -0.39 is 0 Å². The molecule has 0 aliphatic heterocycles. The van der Waals surface area contributed by atoms with Crippen molar-refractivity contribution < 1.29 is 4.92 Å². The number of halogens is 1. The molecule has 104 valence electrons. The number of nitro benzene ring substituents is 1. The van der Waals surface area contributed by atoms with E-state index >= 15 is 0 Å². The first-order chi connectivity index (χ1) is 9.61. The van der Waals surface area contributed by atoms with Crippen LogP contribution in [-0.2, 0) is 5.75 Å². The Hall–Kier alpha value is -1.53. The van der Waals surface area contributed by atoms with Gasteiger partial charge in [0.1, 0.15) is 0 Å². The number of anilines is 1. The molecule has 0 spiro atoms. The summed E-state index contributed by atoms with van der Waals surface area (Å²) in [7, 11) is 1.81. The lowest BCUT2D eigenvalue weighted by molar-refractivity contribution is -0.384. The van der Waals surface area contributed by atoms with Crippen molar-refractivity contribution in [2.24, 2.45) is 0 Å². The molecule has 0 atom stereocenters. The molecular formula is C14H13BrN2O2S. The Bertz CT molecular complexity index is 634. The van der Waals surface area contributed by atoms with E-state index in [9.17, 15) is 10.1 Å². The van der Waals surface area contributed by atoms with Gasteiger partial charge in [0.05, 0.1) is 4.92 Å². The van der Waals surface area contributed by atoms with Crippen molar-refractivity contribution in [2.45, 2.75) is 10.6 Å². The third-order valence-corrected chi connectivity index (χ3v) is 4.87. The van der Waals surface area contributed by atoms with Crippen molar-refractivity contribution in [1.29, 1.82) is 0 Å². The van der Waals surface area contributed by atoms with Gasteiger partial charge in [-0.2, -0.15) is 0 Å². The molecule has 0 aromatic heterocycles. The van der Waals surface area contributed by atoms with Crippen LogP contribution in [0.3, 0.4) is 0 Å². The Morgan fingerprint density at radius 3 is 2.70 bits per heavy atom. The van der Waals surface area contributed by atoms with Gasteiger partial charge in [-0.15, -0.1) is 11.8 Å². The van der Waals surface area contributed by atoms with Crippen LogP contribution in [0, 0.1) is 10.1 Å². The third kappa shape index (κ3) is 3.52. The fraction of sp³-hybridized carbons (Fsp3) is 0.143. The zero-order chi connectivity index (χ0) is 14.5. The Labute approximate surface area is 129 Å². The molecule has 0 saturated heterocycles. The number of thioether (sulfide) groups is 1. The minimum Gasteiger partial charge on any atom is -0.388 e. The van der Waals surface area contributed by atoms with Crippen molar-refractivity contribution in [1.82, 2.24) is 0 Å². The highest BCUT2D eigenvalue weighted by Gasteiger charge is 2.11. The Morgan fingerprint density at radius 1 is 1.30 bits per heavy atom. The number of benzene rings is 2. The molecule has 0 aliphatic carbocycles. The summed E-state index contributed by atoms with van der Waals surface area (Å²) < 4.78 is 1.03. The highest BCUT2D eigenvalue weighted by atomic mass is 79.9. The molecule has 0 aliphatic rings. The second-order valence-electron chi connectivity index (χ2n) is 4.07. The average molecular weight is 353 g/mol. The smallest absolute Gasteiger partial charge is 0.269 e. The van der Waals surface area contributed by atoms with Crippen LogP contribution in [0.4, 0.5) is 11.4 Å². The molecule has 0 fully saturated rings. The van der Waals surface area contributed by atoms with E-state index in [1.807, 2.05) is 31.3 Å². The molecule has 0 unspecified atom stereocenters. The minimum atomic E-state index is -0.369. The number of hydrogen-bond acceptors (Lipinski definition) is 4. The molecule has 1 N–H and O–H groups in total. The van der Waals surface area contributed by atoms with Crippen LogP contribution in [-0.4, -0.2) is 12.0 Å². The fourth-order valence-corrected chi connectivity index (χ4v) is 3.33. The molecule has 0 radical (unpaired) electrons. The number of non-ortho nitro benzene ring substituents is 1. The summed E-state index contributed by atoms with van der Waals surface area (Å²) in [5.41, 5.74) is 1.95. The van der Waals surface area contributed by atoms with Gasteiger partial charge >= 0.3 is 0 Å². The molecule has 2 aromatic rings. The zero-order valence-electron chi connectivity index (χ0n) is 10.8. The van der Waals surface area contributed by atoms with Crippen LogP contribution >= 0.6 is 27.7 Å². The summed E-state index contributed by atoms with van der Waals surface area (Å²) in [6.45, 7) is 0. The number of rotatable bonds is 5. The molecule has 0 heterocycles. The Balaban J connectivity index is 2.22. The molecule has 4 nitrogen and oxygen atoms in total. The SMILES string of the molecule is CNc1ccc([N+](=O)[O-])cc1CSc1ccccc1Br. The highest BCUT2D eigenvalue weighted by Crippen LogP contribution is 2.32. The maximum atomic E-state index is 10.9. The quantitative estimate of drug-likeness (QED) is 0.481. The number of nitro groups is 1. The number of nitrogens with zero attached hydrogens (tertiary/aromatic N) is 1. The lowest BCUT2D eigenvalue weighted by atomic mass is 10.2. The first-order valence-electron chi connectivity index (χ1n) is 5.94. The van der Waals surface area contributed by atoms with Gasteiger partial charge < -0.3 is 5.32 Å². The first kappa shape index (κ1) is 14.9. The summed E-state index contributed by atoms with van der Waals surface area (Å²) >= 11 is 5.14. The van der Waals surface area contributed by atoms with E-state index in [2.05, 4.69) is 21.2 Å². The van der Waals surface area contributed by atoms with Crippen molar-refractivity contribution in [3.05, 3.63) is 62.6 Å². The third-order valence-electron chi connectivity index (χ3n) is 2.79. The fourth-order valence-electron chi connectivity index (χ4n) is 1.77. The van der Waals surface area contributed by atoms with E-state index in [4.69, 9.17) is 0 Å². The molecule has 0 bridgehead atoms. The summed E-state index contributed by atoms with van der Waals surface area (Å²) in [6.07, 6.45) is 0. The minimum absolute atomic E-state index is 0.117. The number of nitrogens with one attached hydrogen (secondary N) is 1. The van der Waals surface area contributed by atoms with Crippen molar-refractivity contribution in [3.63, 3.8) is 0 Å². The highest BCUT2D eigenvalue weighted by molar-refractivity contribution is 9.10. The molecule has 2 rings (SSSR count). The second kappa shape index (κ2) is 6.76. The van der Waals surface area contributed by atoms with Crippen LogP contribution in [0.15, 0.2) is 51.8 Å². The normalized spacial score (nSPS) is 10.3. The standard InChI is InChI=1S/C14H13BrN2O2S/c1-16-13-7-6-11(17(18)19)8-10(13)9-20-14-5-3-2-4-12(14)15/h2-8,16H,9H2,1H3. The molecule has 6 heteroatoms. The van der Waals surface area contributed by atoms with Crippen LogP contribution < -0.4 is 5.32 Å². The van der Waals surface area contributed by atoms with Gasteiger partial charge in [0.2, 0.25) is 0 Å². The van der Waals surface area contributed by atoms with Gasteiger partial charge in [0, 0.05) is 40.0 Å². The summed E-state index contributed by atoms with van der Waals surface area (Å²) in [5, 5.41) is 13.9. The van der Waals surface area contributed by atoms with Crippen LogP contribution in [0.25, 0.3) is 0 Å². The maximum Gasteiger partial charge on any atom is 0.269 e. The molecule has 0 amide bonds. The van der Waals surface area contributed by atoms with E-state index in [0.717, 1.165) is 20.6 Å². The van der Waals surface area contributed by atoms with E-state index in [-0.39, 0.29) is 10.6 Å². The van der Waals surface area contributed by atoms with Crippen molar-refractivity contribution in [2.75, 3.05) is 12.4 Å². The van der Waals surface area contributed by atoms with Crippen LogP contribution in [0.5, 0.6) is 0 Å². The Kier molecular flexibility index (Phi) is 5.03. The lowest BCUT2D eigenvalue weighted by Gasteiger charge is -2.09. The molecule has 0 saturated carbocycles. The van der Waals surface area contributed by atoms with Gasteiger partial charge in [-0.3, -0.25) is 10.1 Å². The van der Waals surface area contributed by atoms with E-state index in [1.54, 1.807) is 23.9 Å².